The van der Waals surface area contributed by atoms with Gasteiger partial charge in [0.05, 0.1) is 11.8 Å². The van der Waals surface area contributed by atoms with E-state index in [2.05, 4.69) is 10.4 Å². The Kier molecular flexibility index (Phi) is 5.64. The molecule has 1 aromatic heterocycles. The van der Waals surface area contributed by atoms with Crippen molar-refractivity contribution in [2.24, 2.45) is 7.05 Å². The van der Waals surface area contributed by atoms with Gasteiger partial charge in [-0.05, 0) is 30.9 Å². The Morgan fingerprint density at radius 2 is 2.04 bits per heavy atom. The third kappa shape index (κ3) is 4.23. The normalized spacial score (nSPS) is 14.9. The minimum atomic E-state index is -0.131. The zero-order chi connectivity index (χ0) is 16.8. The first-order valence-corrected chi connectivity index (χ1v) is 8.73. The second-order valence-corrected chi connectivity index (χ2v) is 6.29. The summed E-state index contributed by atoms with van der Waals surface area (Å²) in [7, 11) is 1.86. The molecule has 24 heavy (non-hydrogen) atoms. The van der Waals surface area contributed by atoms with Crippen LogP contribution in [0.4, 0.5) is 0 Å². The van der Waals surface area contributed by atoms with Crippen molar-refractivity contribution in [1.82, 2.24) is 15.1 Å². The predicted molar refractivity (Wildman–Crippen MR) is 93.8 cm³/mol. The molecule has 1 fully saturated rings. The molecule has 1 aliphatic rings. The van der Waals surface area contributed by atoms with Gasteiger partial charge in [-0.15, -0.1) is 0 Å². The van der Waals surface area contributed by atoms with Gasteiger partial charge in [-0.2, -0.15) is 5.10 Å². The molecule has 1 heterocycles. The van der Waals surface area contributed by atoms with Gasteiger partial charge in [0.1, 0.15) is 0 Å². The Bertz CT molecular complexity index is 661. The van der Waals surface area contributed by atoms with Crippen LogP contribution in [0.1, 0.15) is 42.6 Å². The molecule has 0 atom stereocenters. The summed E-state index contributed by atoms with van der Waals surface area (Å²) < 4.78 is 7.54. The first-order chi connectivity index (χ1) is 11.7. The number of benzene rings is 1. The Balaban J connectivity index is 1.47. The highest BCUT2D eigenvalue weighted by Gasteiger charge is 2.15. The number of aromatic nitrogens is 2. The molecule has 0 unspecified atom stereocenters. The van der Waals surface area contributed by atoms with E-state index in [0.29, 0.717) is 24.9 Å². The maximum Gasteiger partial charge on any atom is 0.271 e. The number of aryl methyl sites for hydroxylation is 1. The molecule has 0 saturated heterocycles. The summed E-state index contributed by atoms with van der Waals surface area (Å²) in [4.78, 5) is 12.2. The lowest BCUT2D eigenvalue weighted by Crippen LogP contribution is -2.26. The van der Waals surface area contributed by atoms with Gasteiger partial charge in [0.2, 0.25) is 0 Å². The van der Waals surface area contributed by atoms with Crippen molar-refractivity contribution in [3.05, 3.63) is 42.1 Å². The smallest absolute Gasteiger partial charge is 0.271 e. The van der Waals surface area contributed by atoms with Crippen molar-refractivity contribution in [2.75, 3.05) is 13.2 Å². The molecule has 5 heteroatoms. The topological polar surface area (TPSA) is 56.2 Å². The minimum Gasteiger partial charge on any atom is -0.378 e. The quantitative estimate of drug-likeness (QED) is 0.795. The van der Waals surface area contributed by atoms with E-state index in [1.807, 2.05) is 43.4 Å². The van der Waals surface area contributed by atoms with Crippen molar-refractivity contribution in [1.29, 1.82) is 0 Å². The molecule has 128 valence electrons. The van der Waals surface area contributed by atoms with Gasteiger partial charge >= 0.3 is 0 Å². The van der Waals surface area contributed by atoms with E-state index in [1.54, 1.807) is 4.68 Å². The van der Waals surface area contributed by atoms with Crippen molar-refractivity contribution in [3.63, 3.8) is 0 Å². The Hall–Kier alpha value is -2.14. The van der Waals surface area contributed by atoms with E-state index in [-0.39, 0.29) is 5.91 Å². The third-order valence-electron chi connectivity index (χ3n) is 4.44. The van der Waals surface area contributed by atoms with Crippen molar-refractivity contribution < 1.29 is 9.53 Å². The van der Waals surface area contributed by atoms with Crippen LogP contribution in [0.15, 0.2) is 36.4 Å². The van der Waals surface area contributed by atoms with Crippen LogP contribution in [-0.2, 0) is 11.8 Å². The van der Waals surface area contributed by atoms with Crippen LogP contribution in [0.25, 0.3) is 11.3 Å². The highest BCUT2D eigenvalue weighted by Crippen LogP contribution is 2.21. The molecule has 1 saturated carbocycles. The molecule has 0 radical (unpaired) electrons. The lowest BCUT2D eigenvalue weighted by molar-refractivity contribution is 0.0565. The van der Waals surface area contributed by atoms with Gasteiger partial charge < -0.3 is 10.1 Å². The summed E-state index contributed by atoms with van der Waals surface area (Å²) in [6.45, 7) is 1.32. The fourth-order valence-electron chi connectivity index (χ4n) is 3.13. The average Bonchev–Trinajstić information content (AvgIpc) is 3.25. The molecule has 2 aromatic rings. The Labute approximate surface area is 143 Å². The number of nitrogens with one attached hydrogen (secondary N) is 1. The minimum absolute atomic E-state index is 0.131. The standard InChI is InChI=1S/C19H25N3O2/c1-22-18(15-8-3-2-4-9-15)14-17(21-22)19(23)20-12-7-13-24-16-10-5-6-11-16/h2-4,8-9,14,16H,5-7,10-13H2,1H3,(H,20,23). The molecule has 1 N–H and O–H groups in total. The lowest BCUT2D eigenvalue weighted by atomic mass is 10.1. The van der Waals surface area contributed by atoms with Crippen LogP contribution in [-0.4, -0.2) is 34.9 Å². The SMILES string of the molecule is Cn1nc(C(=O)NCCCOC2CCCC2)cc1-c1ccccc1. The maximum atomic E-state index is 12.2. The highest BCUT2D eigenvalue weighted by atomic mass is 16.5. The molecule has 0 spiro atoms. The van der Waals surface area contributed by atoms with Gasteiger partial charge in [-0.1, -0.05) is 43.2 Å². The molecule has 0 bridgehead atoms. The maximum absolute atomic E-state index is 12.2. The molecule has 1 aliphatic carbocycles. The van der Waals surface area contributed by atoms with Gasteiger partial charge in [-0.25, -0.2) is 0 Å². The number of ether oxygens (including phenoxy) is 1. The van der Waals surface area contributed by atoms with Crippen molar-refractivity contribution in [3.8, 4) is 11.3 Å². The molecule has 3 rings (SSSR count). The molecule has 1 aromatic carbocycles. The Morgan fingerprint density at radius 3 is 2.79 bits per heavy atom. The number of hydrogen-bond acceptors (Lipinski definition) is 3. The van der Waals surface area contributed by atoms with E-state index < -0.39 is 0 Å². The fourth-order valence-corrected chi connectivity index (χ4v) is 3.13. The van der Waals surface area contributed by atoms with Crippen molar-refractivity contribution in [2.45, 2.75) is 38.2 Å². The number of rotatable bonds is 7. The number of hydrogen-bond donors (Lipinski definition) is 1. The van der Waals surface area contributed by atoms with E-state index in [4.69, 9.17) is 4.74 Å². The number of nitrogens with zero attached hydrogens (tertiary/aromatic N) is 2. The highest BCUT2D eigenvalue weighted by molar-refractivity contribution is 5.93. The van der Waals surface area contributed by atoms with Crippen LogP contribution in [0.5, 0.6) is 0 Å². The van der Waals surface area contributed by atoms with Crippen LogP contribution in [0.2, 0.25) is 0 Å². The summed E-state index contributed by atoms with van der Waals surface area (Å²) in [6, 6.07) is 11.8. The summed E-state index contributed by atoms with van der Waals surface area (Å²) in [5.41, 5.74) is 2.44. The van der Waals surface area contributed by atoms with Gasteiger partial charge in [0.15, 0.2) is 5.69 Å². The number of amides is 1. The first kappa shape index (κ1) is 16.7. The molecular weight excluding hydrogens is 302 g/mol. The van der Waals surface area contributed by atoms with E-state index >= 15 is 0 Å². The summed E-state index contributed by atoms with van der Waals surface area (Å²) in [5.74, 6) is -0.131. The first-order valence-electron chi connectivity index (χ1n) is 8.73. The van der Waals surface area contributed by atoms with Crippen LogP contribution in [0, 0.1) is 0 Å². The second kappa shape index (κ2) is 8.11. The molecule has 1 amide bonds. The Morgan fingerprint density at radius 1 is 1.29 bits per heavy atom. The molecule has 0 aliphatic heterocycles. The van der Waals surface area contributed by atoms with E-state index in [9.17, 15) is 4.79 Å². The zero-order valence-electron chi connectivity index (χ0n) is 14.2. The van der Waals surface area contributed by atoms with Gasteiger partial charge in [-0.3, -0.25) is 9.48 Å². The van der Waals surface area contributed by atoms with Crippen LogP contribution in [0.3, 0.4) is 0 Å². The molecular formula is C19H25N3O2. The largest absolute Gasteiger partial charge is 0.378 e. The van der Waals surface area contributed by atoms with Crippen LogP contribution < -0.4 is 5.32 Å². The molecule has 5 nitrogen and oxygen atoms in total. The van der Waals surface area contributed by atoms with Crippen molar-refractivity contribution >= 4 is 5.91 Å². The van der Waals surface area contributed by atoms with Gasteiger partial charge in [0, 0.05) is 20.2 Å². The van der Waals surface area contributed by atoms with E-state index in [0.717, 1.165) is 17.7 Å². The zero-order valence-corrected chi connectivity index (χ0v) is 14.2. The summed E-state index contributed by atoms with van der Waals surface area (Å²) >= 11 is 0. The summed E-state index contributed by atoms with van der Waals surface area (Å²) in [5, 5.41) is 7.24. The van der Waals surface area contributed by atoms with E-state index in [1.165, 1.54) is 25.7 Å². The van der Waals surface area contributed by atoms with Gasteiger partial charge in [0.25, 0.3) is 5.91 Å². The number of carbonyl (C=O) groups excluding carboxylic acids is 1. The van der Waals surface area contributed by atoms with Crippen LogP contribution >= 0.6 is 0 Å². The lowest BCUT2D eigenvalue weighted by Gasteiger charge is -2.10. The monoisotopic (exact) mass is 327 g/mol. The predicted octanol–water partition coefficient (Wildman–Crippen LogP) is 3.17. The summed E-state index contributed by atoms with van der Waals surface area (Å²) in [6.07, 6.45) is 6.20. The second-order valence-electron chi connectivity index (χ2n) is 6.29. The number of carbonyl (C=O) groups is 1. The average molecular weight is 327 g/mol. The third-order valence-corrected chi connectivity index (χ3v) is 4.44. The fraction of sp³-hybridized carbons (Fsp3) is 0.474.